The van der Waals surface area contributed by atoms with Crippen molar-refractivity contribution in [2.24, 2.45) is 0 Å². The lowest BCUT2D eigenvalue weighted by molar-refractivity contribution is 1.23. The van der Waals surface area contributed by atoms with Gasteiger partial charge < -0.3 is 4.98 Å². The van der Waals surface area contributed by atoms with E-state index in [1.165, 1.54) is 6.07 Å². The van der Waals surface area contributed by atoms with E-state index in [0.717, 1.165) is 38.7 Å². The first-order chi connectivity index (χ1) is 13.3. The van der Waals surface area contributed by atoms with E-state index in [1.807, 2.05) is 48.5 Å². The summed E-state index contributed by atoms with van der Waals surface area (Å²) in [7, 11) is 0. The van der Waals surface area contributed by atoms with Crippen LogP contribution in [0.25, 0.3) is 44.3 Å². The monoisotopic (exact) mass is 349 g/mol. The van der Waals surface area contributed by atoms with E-state index in [-0.39, 0.29) is 5.56 Å². The van der Waals surface area contributed by atoms with Gasteiger partial charge in [-0.2, -0.15) is 0 Å². The Kier molecular flexibility index (Phi) is 3.54. The normalized spacial score (nSPS) is 11.1. The van der Waals surface area contributed by atoms with Crippen molar-refractivity contribution >= 4 is 21.9 Å². The lowest BCUT2D eigenvalue weighted by Crippen LogP contribution is -2.04. The highest BCUT2D eigenvalue weighted by atomic mass is 16.1. The van der Waals surface area contributed by atoms with Crippen LogP contribution in [0.1, 0.15) is 0 Å². The average Bonchev–Trinajstić information content (AvgIpc) is 2.73. The molecular weight excluding hydrogens is 334 g/mol. The molecule has 0 saturated heterocycles. The molecular formula is C23H15N3O. The number of hydrogen-bond acceptors (Lipinski definition) is 3. The highest BCUT2D eigenvalue weighted by Crippen LogP contribution is 2.33. The fourth-order valence-corrected chi connectivity index (χ4v) is 3.36. The third-order valence-electron chi connectivity index (χ3n) is 4.67. The van der Waals surface area contributed by atoms with Crippen molar-refractivity contribution in [1.29, 1.82) is 0 Å². The van der Waals surface area contributed by atoms with Crippen LogP contribution in [-0.4, -0.2) is 15.0 Å². The van der Waals surface area contributed by atoms with Gasteiger partial charge in [0.2, 0.25) is 5.56 Å². The van der Waals surface area contributed by atoms with Gasteiger partial charge in [0.05, 0.1) is 11.2 Å². The third kappa shape index (κ3) is 2.77. The van der Waals surface area contributed by atoms with Gasteiger partial charge in [0.25, 0.3) is 0 Å². The molecule has 27 heavy (non-hydrogen) atoms. The fraction of sp³-hybridized carbons (Fsp3) is 0. The van der Waals surface area contributed by atoms with Gasteiger partial charge in [-0.15, -0.1) is 0 Å². The van der Waals surface area contributed by atoms with Crippen molar-refractivity contribution in [1.82, 2.24) is 15.0 Å². The van der Waals surface area contributed by atoms with E-state index in [9.17, 15) is 4.79 Å². The van der Waals surface area contributed by atoms with Crippen molar-refractivity contribution < 1.29 is 0 Å². The molecule has 0 aliphatic rings. The highest BCUT2D eigenvalue weighted by Gasteiger charge is 2.12. The number of aromatic amines is 1. The molecule has 3 aromatic heterocycles. The lowest BCUT2D eigenvalue weighted by Gasteiger charge is -2.12. The van der Waals surface area contributed by atoms with Crippen LogP contribution in [0.4, 0.5) is 0 Å². The molecule has 0 fully saturated rings. The van der Waals surface area contributed by atoms with Crippen LogP contribution in [0.5, 0.6) is 0 Å². The minimum absolute atomic E-state index is 0.154. The first kappa shape index (κ1) is 15.5. The van der Waals surface area contributed by atoms with Gasteiger partial charge in [-0.1, -0.05) is 42.5 Å². The number of hydrogen-bond donors (Lipinski definition) is 1. The molecule has 0 unspecified atom stereocenters. The van der Waals surface area contributed by atoms with Gasteiger partial charge in [-0.25, -0.2) is 4.98 Å². The molecule has 0 spiro atoms. The topological polar surface area (TPSA) is 58.6 Å². The molecule has 5 rings (SSSR count). The van der Waals surface area contributed by atoms with Crippen LogP contribution >= 0.6 is 0 Å². The Morgan fingerprint density at radius 2 is 1.63 bits per heavy atom. The van der Waals surface area contributed by atoms with E-state index in [2.05, 4.69) is 34.2 Å². The smallest absolute Gasteiger partial charge is 0.249 e. The number of H-pyrrole nitrogens is 1. The first-order valence-electron chi connectivity index (χ1n) is 8.73. The molecule has 128 valence electrons. The molecule has 2 aromatic carbocycles. The molecule has 1 N–H and O–H groups in total. The number of aromatic nitrogens is 3. The first-order valence-corrected chi connectivity index (χ1v) is 8.73. The van der Waals surface area contributed by atoms with Crippen molar-refractivity contribution in [2.45, 2.75) is 0 Å². The molecule has 5 aromatic rings. The van der Waals surface area contributed by atoms with Crippen molar-refractivity contribution in [3.63, 3.8) is 0 Å². The Morgan fingerprint density at radius 1 is 0.741 bits per heavy atom. The van der Waals surface area contributed by atoms with Gasteiger partial charge >= 0.3 is 0 Å². The molecule has 3 heterocycles. The second-order valence-corrected chi connectivity index (χ2v) is 6.42. The standard InChI is InChI=1S/C23H15N3O/c27-21-11-9-18-14-19(16-8-10-20-17(13-16)7-4-12-24-20)22(26-23(18)25-21)15-5-2-1-3-6-15/h1-14H,(H,25,26,27). The Labute approximate surface area is 155 Å². The van der Waals surface area contributed by atoms with Crippen molar-refractivity contribution in [2.75, 3.05) is 0 Å². The predicted molar refractivity (Wildman–Crippen MR) is 109 cm³/mol. The second-order valence-electron chi connectivity index (χ2n) is 6.42. The van der Waals surface area contributed by atoms with Crippen LogP contribution in [0.3, 0.4) is 0 Å². The summed E-state index contributed by atoms with van der Waals surface area (Å²) in [5, 5.41) is 1.98. The van der Waals surface area contributed by atoms with Crippen LogP contribution in [0.15, 0.2) is 89.9 Å². The van der Waals surface area contributed by atoms with Gasteiger partial charge in [0.15, 0.2) is 0 Å². The zero-order chi connectivity index (χ0) is 18.2. The molecule has 0 bridgehead atoms. The molecule has 0 atom stereocenters. The summed E-state index contributed by atoms with van der Waals surface area (Å²) in [5.41, 5.74) is 5.33. The molecule has 4 heteroatoms. The van der Waals surface area contributed by atoms with Crippen LogP contribution in [0.2, 0.25) is 0 Å². The summed E-state index contributed by atoms with van der Waals surface area (Å²) in [4.78, 5) is 23.8. The molecule has 0 aliphatic carbocycles. The van der Waals surface area contributed by atoms with Gasteiger partial charge in [0, 0.05) is 34.2 Å². The minimum atomic E-state index is -0.154. The Hall–Kier alpha value is -3.79. The van der Waals surface area contributed by atoms with Crippen molar-refractivity contribution in [3.8, 4) is 22.4 Å². The predicted octanol–water partition coefficient (Wildman–Crippen LogP) is 4.81. The summed E-state index contributed by atoms with van der Waals surface area (Å²) in [6.45, 7) is 0. The third-order valence-corrected chi connectivity index (χ3v) is 4.67. The van der Waals surface area contributed by atoms with Gasteiger partial charge in [-0.3, -0.25) is 9.78 Å². The molecule has 0 aliphatic heterocycles. The van der Waals surface area contributed by atoms with Gasteiger partial charge in [-0.05, 0) is 35.9 Å². The summed E-state index contributed by atoms with van der Waals surface area (Å²) in [6, 6.07) is 25.6. The van der Waals surface area contributed by atoms with Gasteiger partial charge in [0.1, 0.15) is 5.65 Å². The van der Waals surface area contributed by atoms with Crippen LogP contribution in [0, 0.1) is 0 Å². The summed E-state index contributed by atoms with van der Waals surface area (Å²) >= 11 is 0. The Balaban J connectivity index is 1.83. The van der Waals surface area contributed by atoms with E-state index in [0.29, 0.717) is 5.65 Å². The minimum Gasteiger partial charge on any atom is -0.307 e. The Bertz CT molecular complexity index is 1340. The number of benzene rings is 2. The maximum absolute atomic E-state index is 11.7. The average molecular weight is 349 g/mol. The van der Waals surface area contributed by atoms with E-state index >= 15 is 0 Å². The summed E-state index contributed by atoms with van der Waals surface area (Å²) in [6.07, 6.45) is 1.80. The number of pyridine rings is 3. The number of nitrogens with one attached hydrogen (secondary N) is 1. The molecule has 4 nitrogen and oxygen atoms in total. The zero-order valence-corrected chi connectivity index (χ0v) is 14.4. The number of fused-ring (bicyclic) bond motifs is 2. The molecule has 0 amide bonds. The number of nitrogens with zero attached hydrogens (tertiary/aromatic N) is 2. The largest absolute Gasteiger partial charge is 0.307 e. The van der Waals surface area contributed by atoms with Crippen LogP contribution < -0.4 is 5.56 Å². The number of rotatable bonds is 2. The van der Waals surface area contributed by atoms with E-state index in [4.69, 9.17) is 4.98 Å². The van der Waals surface area contributed by atoms with Crippen LogP contribution in [-0.2, 0) is 0 Å². The molecule has 0 saturated carbocycles. The zero-order valence-electron chi connectivity index (χ0n) is 14.4. The maximum atomic E-state index is 11.7. The quantitative estimate of drug-likeness (QED) is 0.498. The van der Waals surface area contributed by atoms with Crippen molar-refractivity contribution in [3.05, 3.63) is 95.4 Å². The van der Waals surface area contributed by atoms with E-state index < -0.39 is 0 Å². The fourth-order valence-electron chi connectivity index (χ4n) is 3.36. The summed E-state index contributed by atoms with van der Waals surface area (Å²) < 4.78 is 0. The van der Waals surface area contributed by atoms with E-state index in [1.54, 1.807) is 6.20 Å². The Morgan fingerprint density at radius 3 is 2.52 bits per heavy atom. The molecule has 0 radical (unpaired) electrons. The highest BCUT2D eigenvalue weighted by molar-refractivity contribution is 5.93. The second kappa shape index (κ2) is 6.18. The maximum Gasteiger partial charge on any atom is 0.249 e. The SMILES string of the molecule is O=c1ccc2cc(-c3ccc4ncccc4c3)c(-c3ccccc3)nc2[nH]1. The lowest BCUT2D eigenvalue weighted by atomic mass is 9.97. The summed E-state index contributed by atoms with van der Waals surface area (Å²) in [5.74, 6) is 0.